The van der Waals surface area contributed by atoms with Gasteiger partial charge in [0.05, 0.1) is 20.8 Å². The number of phenolic OH excluding ortho intramolecular Hbond substituents is 1. The molecule has 3 saturated heterocycles. The fourth-order valence-corrected chi connectivity index (χ4v) is 6.63. The van der Waals surface area contributed by atoms with Gasteiger partial charge in [-0.1, -0.05) is 12.1 Å². The van der Waals surface area contributed by atoms with E-state index in [4.69, 9.17) is 47.4 Å². The van der Waals surface area contributed by atoms with Gasteiger partial charge in [-0.25, -0.2) is 9.59 Å². The third-order valence-electron chi connectivity index (χ3n) is 10.1. The third-order valence-corrected chi connectivity index (χ3v) is 10.1. The van der Waals surface area contributed by atoms with E-state index in [1.54, 1.807) is 0 Å². The molecular formula is C40H50O23. The van der Waals surface area contributed by atoms with Gasteiger partial charge < -0.3 is 98.4 Å². The maximum atomic E-state index is 13.2. The normalized spacial score (nSPS) is 33.2. The van der Waals surface area contributed by atoms with E-state index < -0.39 is 130 Å². The smallest absolute Gasteiger partial charge is 0.331 e. The third kappa shape index (κ3) is 11.6. The van der Waals surface area contributed by atoms with Crippen molar-refractivity contribution in [3.63, 3.8) is 0 Å². The Hall–Kier alpha value is -4.99. The lowest BCUT2D eigenvalue weighted by Crippen LogP contribution is -2.63. The average molecular weight is 899 g/mol. The Bertz CT molecular complexity index is 1940. The zero-order valence-electron chi connectivity index (χ0n) is 33.9. The number of methoxy groups -OCH3 is 2. The molecule has 0 saturated carbocycles. The van der Waals surface area contributed by atoms with Crippen molar-refractivity contribution < 1.29 is 113 Å². The van der Waals surface area contributed by atoms with Crippen LogP contribution in [0.2, 0.25) is 0 Å². The molecule has 3 fully saturated rings. The van der Waals surface area contributed by atoms with Crippen LogP contribution in [0.15, 0.2) is 48.6 Å². The highest BCUT2D eigenvalue weighted by Crippen LogP contribution is 2.39. The van der Waals surface area contributed by atoms with Crippen molar-refractivity contribution in [1.29, 1.82) is 0 Å². The summed E-state index contributed by atoms with van der Waals surface area (Å²) in [5.41, 5.74) is 0.721. The minimum absolute atomic E-state index is 0.0200. The van der Waals surface area contributed by atoms with Crippen molar-refractivity contribution >= 4 is 30.1 Å². The van der Waals surface area contributed by atoms with E-state index in [9.17, 15) is 65.4 Å². The van der Waals surface area contributed by atoms with E-state index in [0.717, 1.165) is 19.1 Å². The highest BCUT2D eigenvalue weighted by Gasteiger charge is 2.61. The van der Waals surface area contributed by atoms with Crippen LogP contribution in [-0.2, 0) is 47.5 Å². The Morgan fingerprint density at radius 2 is 1.24 bits per heavy atom. The van der Waals surface area contributed by atoms with Gasteiger partial charge in [0.1, 0.15) is 80.9 Å². The summed E-state index contributed by atoms with van der Waals surface area (Å²) in [6.45, 7) is -2.19. The number of aliphatic hydroxyl groups excluding tert-OH is 9. The van der Waals surface area contributed by atoms with Crippen molar-refractivity contribution in [2.45, 2.75) is 92.4 Å². The first-order chi connectivity index (χ1) is 29.9. The molecule has 0 bridgehead atoms. The van der Waals surface area contributed by atoms with Gasteiger partial charge in [-0.05, 0) is 47.5 Å². The molecule has 23 heteroatoms. The zero-order chi connectivity index (χ0) is 46.2. The minimum atomic E-state index is -2.60. The van der Waals surface area contributed by atoms with E-state index >= 15 is 0 Å². The van der Waals surface area contributed by atoms with Gasteiger partial charge in [0.25, 0.3) is 0 Å². The number of hydrogen-bond acceptors (Lipinski definition) is 23. The van der Waals surface area contributed by atoms with E-state index in [0.29, 0.717) is 11.1 Å². The van der Waals surface area contributed by atoms with Crippen molar-refractivity contribution in [1.82, 2.24) is 0 Å². The first-order valence-corrected chi connectivity index (χ1v) is 19.2. The first-order valence-electron chi connectivity index (χ1n) is 19.2. The summed E-state index contributed by atoms with van der Waals surface area (Å²) in [5.74, 6) is -5.49. The van der Waals surface area contributed by atoms with Gasteiger partial charge in [-0.2, -0.15) is 0 Å². The first kappa shape index (κ1) is 49.0. The van der Waals surface area contributed by atoms with Crippen LogP contribution in [0.1, 0.15) is 18.1 Å². The van der Waals surface area contributed by atoms with Gasteiger partial charge in [-0.15, -0.1) is 0 Å². The Morgan fingerprint density at radius 1 is 0.667 bits per heavy atom. The van der Waals surface area contributed by atoms with Crippen molar-refractivity contribution in [2.75, 3.05) is 40.6 Å². The summed E-state index contributed by atoms with van der Waals surface area (Å²) in [6, 6.07) is 8.40. The molecular weight excluding hydrogens is 848 g/mol. The summed E-state index contributed by atoms with van der Waals surface area (Å²) in [6.07, 6.45) is -18.0. The van der Waals surface area contributed by atoms with Crippen LogP contribution in [0.25, 0.3) is 12.2 Å². The standard InChI is InChI=1S/C40H50O23/c1-18(43)56-15-26-31(48)34(51)36(53)39(60-26)63-40(17-42)37(61-29(46)11-7-19-4-8-21(44)23(12-19)54-2)32(49)27(62-40)16-57-28(45)10-6-20-5-9-22(24(13-20)55-3)58-38-35(52)33(50)30(47)25(14-41)59-38/h4-13,25-27,30-39,41-42,44,47-53H,14-17H2,1-3H3. The second kappa shape index (κ2) is 21.6. The number of esters is 3. The molecule has 14 atom stereocenters. The number of aliphatic hydroxyl groups is 9. The Kier molecular flexibility index (Phi) is 16.8. The highest BCUT2D eigenvalue weighted by atomic mass is 16.8. The van der Waals surface area contributed by atoms with Crippen molar-refractivity contribution in [2.24, 2.45) is 0 Å². The molecule has 0 spiro atoms. The van der Waals surface area contributed by atoms with Crippen LogP contribution < -0.4 is 14.2 Å². The topological polar surface area (TPSA) is 346 Å². The molecule has 0 amide bonds. The average Bonchev–Trinajstić information content (AvgIpc) is 3.53. The highest BCUT2D eigenvalue weighted by molar-refractivity contribution is 5.88. The fraction of sp³-hybridized carbons (Fsp3) is 0.525. The number of ether oxygens (including phenoxy) is 10. The Labute approximate surface area is 358 Å². The Morgan fingerprint density at radius 3 is 1.86 bits per heavy atom. The number of rotatable bonds is 17. The van der Waals surface area contributed by atoms with Crippen LogP contribution in [0.4, 0.5) is 0 Å². The molecule has 2 aromatic rings. The van der Waals surface area contributed by atoms with E-state index in [1.807, 2.05) is 0 Å². The largest absolute Gasteiger partial charge is 0.504 e. The molecule has 3 heterocycles. The fourth-order valence-electron chi connectivity index (χ4n) is 6.63. The minimum Gasteiger partial charge on any atom is -0.504 e. The van der Waals surface area contributed by atoms with Gasteiger partial charge in [-0.3, -0.25) is 4.79 Å². The maximum Gasteiger partial charge on any atom is 0.331 e. The Balaban J connectivity index is 1.31. The summed E-state index contributed by atoms with van der Waals surface area (Å²) in [4.78, 5) is 37.5. The second-order valence-electron chi connectivity index (χ2n) is 14.4. The summed E-state index contributed by atoms with van der Waals surface area (Å²) in [7, 11) is 2.61. The number of carbonyl (C=O) groups excluding carboxylic acids is 3. The van der Waals surface area contributed by atoms with Crippen molar-refractivity contribution in [3.8, 4) is 23.0 Å². The van der Waals surface area contributed by atoms with E-state index in [2.05, 4.69) is 0 Å². The summed E-state index contributed by atoms with van der Waals surface area (Å²) >= 11 is 0. The molecule has 2 aromatic carbocycles. The van der Waals surface area contributed by atoms with Gasteiger partial charge in [0, 0.05) is 19.1 Å². The summed E-state index contributed by atoms with van der Waals surface area (Å²) in [5, 5.41) is 104. The van der Waals surface area contributed by atoms with E-state index in [1.165, 1.54) is 62.8 Å². The number of phenols is 1. The lowest BCUT2D eigenvalue weighted by atomic mass is 9.99. The molecule has 348 valence electrons. The lowest BCUT2D eigenvalue weighted by molar-refractivity contribution is -0.383. The molecule has 63 heavy (non-hydrogen) atoms. The maximum absolute atomic E-state index is 13.2. The predicted octanol–water partition coefficient (Wildman–Crippen LogP) is -3.39. The van der Waals surface area contributed by atoms with Crippen molar-refractivity contribution in [3.05, 3.63) is 59.7 Å². The monoisotopic (exact) mass is 898 g/mol. The number of hydrogen-bond donors (Lipinski definition) is 10. The van der Waals surface area contributed by atoms with Crippen LogP contribution in [0.5, 0.6) is 23.0 Å². The molecule has 0 aliphatic carbocycles. The number of benzene rings is 2. The SMILES string of the molecule is COc1cc(C=CC(=O)OC2C(O)C(COC(=O)C=Cc3ccc(OC4OC(CO)C(O)C(O)C4O)c(OC)c3)OC2(CO)OC2OC(COC(C)=O)C(O)C(O)C2O)ccc1O. The summed E-state index contributed by atoms with van der Waals surface area (Å²) < 4.78 is 54.3. The van der Waals surface area contributed by atoms with Crippen LogP contribution in [0.3, 0.4) is 0 Å². The predicted molar refractivity (Wildman–Crippen MR) is 206 cm³/mol. The van der Waals surface area contributed by atoms with E-state index in [-0.39, 0.29) is 23.0 Å². The van der Waals surface area contributed by atoms with Crippen LogP contribution in [-0.4, -0.2) is 195 Å². The molecule has 23 nitrogen and oxygen atoms in total. The van der Waals surface area contributed by atoms with Gasteiger partial charge in [0.15, 0.2) is 35.4 Å². The van der Waals surface area contributed by atoms with Crippen LogP contribution >= 0.6 is 0 Å². The van der Waals surface area contributed by atoms with Gasteiger partial charge in [0.2, 0.25) is 12.1 Å². The molecule has 0 aromatic heterocycles. The molecule has 3 aliphatic heterocycles. The van der Waals surface area contributed by atoms with Gasteiger partial charge >= 0.3 is 17.9 Å². The molecule has 14 unspecified atom stereocenters. The number of carbonyl (C=O) groups is 3. The lowest BCUT2D eigenvalue weighted by Gasteiger charge is -2.43. The quantitative estimate of drug-likeness (QED) is 0.0420. The number of aromatic hydroxyl groups is 1. The molecule has 10 N–H and O–H groups in total. The molecule has 5 rings (SSSR count). The zero-order valence-corrected chi connectivity index (χ0v) is 33.9. The van der Waals surface area contributed by atoms with Crippen LogP contribution in [0, 0.1) is 0 Å². The second-order valence-corrected chi connectivity index (χ2v) is 14.4. The molecule has 3 aliphatic rings. The molecule has 0 radical (unpaired) electrons.